The number of halogens is 1. The number of nitrogens with two attached hydrogens (primary N) is 1. The molecule has 0 aliphatic carbocycles. The summed E-state index contributed by atoms with van der Waals surface area (Å²) in [6.07, 6.45) is 1.49. The molecule has 0 saturated carbocycles. The van der Waals surface area contributed by atoms with Crippen molar-refractivity contribution in [1.29, 1.82) is 5.41 Å². The molecule has 1 aromatic heterocycles. The van der Waals surface area contributed by atoms with E-state index in [0.29, 0.717) is 5.56 Å². The zero-order valence-electron chi connectivity index (χ0n) is 9.01. The molecule has 5 nitrogen and oxygen atoms in total. The van der Waals surface area contributed by atoms with Gasteiger partial charge in [-0.05, 0) is 30.0 Å². The highest BCUT2D eigenvalue weighted by Gasteiger charge is 2.10. The van der Waals surface area contributed by atoms with Gasteiger partial charge >= 0.3 is 0 Å². The molecule has 88 valence electrons. The second-order valence-corrected chi connectivity index (χ2v) is 5.25. The Hall–Kier alpha value is -1.34. The lowest BCUT2D eigenvalue weighted by Crippen LogP contribution is -2.12. The summed E-state index contributed by atoms with van der Waals surface area (Å²) in [5, 5.41) is 12.3. The minimum atomic E-state index is 0.0379. The Morgan fingerprint density at radius 1 is 1.53 bits per heavy atom. The van der Waals surface area contributed by atoms with Gasteiger partial charge in [0.05, 0.1) is 0 Å². The van der Waals surface area contributed by atoms with Crippen LogP contribution in [0.15, 0.2) is 39.1 Å². The number of hydrogen-bond donors (Lipinski definition) is 2. The van der Waals surface area contributed by atoms with Crippen LogP contribution < -0.4 is 5.73 Å². The van der Waals surface area contributed by atoms with Gasteiger partial charge in [0, 0.05) is 22.0 Å². The summed E-state index contributed by atoms with van der Waals surface area (Å²) in [5.74, 6) is 0.0379. The van der Waals surface area contributed by atoms with E-state index in [9.17, 15) is 0 Å². The molecule has 0 spiro atoms. The molecule has 1 heterocycles. The van der Waals surface area contributed by atoms with Crippen molar-refractivity contribution in [2.45, 2.75) is 10.1 Å². The van der Waals surface area contributed by atoms with Gasteiger partial charge in [0.2, 0.25) is 0 Å². The van der Waals surface area contributed by atoms with Gasteiger partial charge in [-0.25, -0.2) is 9.67 Å². The fraction of sp³-hybridized carbons (Fsp3) is 0.100. The number of nitrogens with one attached hydrogen (secondary N) is 1. The summed E-state index contributed by atoms with van der Waals surface area (Å²) in [6.45, 7) is 0. The summed E-state index contributed by atoms with van der Waals surface area (Å²) >= 11 is 4.79. The van der Waals surface area contributed by atoms with Crippen LogP contribution in [0, 0.1) is 5.41 Å². The summed E-state index contributed by atoms with van der Waals surface area (Å²) < 4.78 is 2.57. The molecule has 2 aromatic rings. The van der Waals surface area contributed by atoms with Crippen molar-refractivity contribution < 1.29 is 0 Å². The van der Waals surface area contributed by atoms with E-state index in [2.05, 4.69) is 26.0 Å². The largest absolute Gasteiger partial charge is 0.384 e. The predicted molar refractivity (Wildman–Crippen MR) is 70.3 cm³/mol. The van der Waals surface area contributed by atoms with Gasteiger partial charge in [0.25, 0.3) is 0 Å². The third kappa shape index (κ3) is 2.67. The smallest absolute Gasteiger partial charge is 0.190 e. The van der Waals surface area contributed by atoms with Crippen LogP contribution in [0.2, 0.25) is 0 Å². The van der Waals surface area contributed by atoms with Gasteiger partial charge in [-0.3, -0.25) is 5.41 Å². The Kier molecular flexibility index (Phi) is 3.49. The molecule has 7 heteroatoms. The fourth-order valence-corrected chi connectivity index (χ4v) is 2.53. The average Bonchev–Trinajstić information content (AvgIpc) is 2.67. The van der Waals surface area contributed by atoms with Crippen LogP contribution >= 0.6 is 27.7 Å². The number of amidine groups is 1. The van der Waals surface area contributed by atoms with Crippen LogP contribution in [0.3, 0.4) is 0 Å². The van der Waals surface area contributed by atoms with Crippen LogP contribution in [0.5, 0.6) is 0 Å². The Bertz CT molecular complexity index is 566. The number of benzene rings is 1. The molecule has 0 saturated heterocycles. The maximum Gasteiger partial charge on any atom is 0.190 e. The van der Waals surface area contributed by atoms with Crippen molar-refractivity contribution in [3.63, 3.8) is 0 Å². The summed E-state index contributed by atoms with van der Waals surface area (Å²) in [7, 11) is 1.82. The molecule has 3 N–H and O–H groups in total. The number of nitrogen functional groups attached to an aromatic ring is 1. The number of hydrogen-bond acceptors (Lipinski definition) is 4. The molecule has 0 fully saturated rings. The minimum absolute atomic E-state index is 0.0379. The molecule has 0 unspecified atom stereocenters. The van der Waals surface area contributed by atoms with Gasteiger partial charge in [-0.2, -0.15) is 5.10 Å². The number of rotatable bonds is 3. The molecular weight excluding hydrogens is 302 g/mol. The highest BCUT2D eigenvalue weighted by atomic mass is 79.9. The first-order chi connectivity index (χ1) is 8.08. The van der Waals surface area contributed by atoms with Crippen LogP contribution in [-0.4, -0.2) is 20.6 Å². The molecule has 0 aliphatic rings. The van der Waals surface area contributed by atoms with E-state index in [0.717, 1.165) is 14.5 Å². The summed E-state index contributed by atoms with van der Waals surface area (Å²) in [5.41, 5.74) is 6.24. The zero-order chi connectivity index (χ0) is 12.4. The van der Waals surface area contributed by atoms with Crippen molar-refractivity contribution in [2.24, 2.45) is 12.8 Å². The maximum atomic E-state index is 7.56. The molecule has 0 aliphatic heterocycles. The SMILES string of the molecule is Cn1ncnc1Sc1ccc(Br)cc1C(=N)N. The normalized spacial score (nSPS) is 10.5. The van der Waals surface area contributed by atoms with Gasteiger partial charge in [-0.15, -0.1) is 0 Å². The molecule has 2 rings (SSSR count). The molecule has 0 atom stereocenters. The first-order valence-electron chi connectivity index (χ1n) is 4.73. The first kappa shape index (κ1) is 12.1. The predicted octanol–water partition coefficient (Wildman–Crippen LogP) is 2.01. The van der Waals surface area contributed by atoms with Crippen LogP contribution in [0.4, 0.5) is 0 Å². The lowest BCUT2D eigenvalue weighted by Gasteiger charge is -2.07. The van der Waals surface area contributed by atoms with Crippen LogP contribution in [0.25, 0.3) is 0 Å². The molecule has 17 heavy (non-hydrogen) atoms. The first-order valence-corrected chi connectivity index (χ1v) is 6.34. The Morgan fingerprint density at radius 3 is 2.88 bits per heavy atom. The van der Waals surface area contributed by atoms with Crippen molar-refractivity contribution >= 4 is 33.5 Å². The Morgan fingerprint density at radius 2 is 2.29 bits per heavy atom. The lowest BCUT2D eigenvalue weighted by atomic mass is 10.2. The van der Waals surface area contributed by atoms with E-state index < -0.39 is 0 Å². The number of aromatic nitrogens is 3. The van der Waals surface area contributed by atoms with Crippen LogP contribution in [0.1, 0.15) is 5.56 Å². The molecule has 0 bridgehead atoms. The Balaban J connectivity index is 2.39. The number of aryl methyl sites for hydroxylation is 1. The second-order valence-electron chi connectivity index (χ2n) is 3.32. The maximum absolute atomic E-state index is 7.56. The van der Waals surface area contributed by atoms with E-state index >= 15 is 0 Å². The highest BCUT2D eigenvalue weighted by Crippen LogP contribution is 2.30. The van der Waals surface area contributed by atoms with Crippen molar-refractivity contribution in [1.82, 2.24) is 14.8 Å². The van der Waals surface area contributed by atoms with E-state index in [1.165, 1.54) is 18.1 Å². The summed E-state index contributed by atoms with van der Waals surface area (Å²) in [4.78, 5) is 5.01. The van der Waals surface area contributed by atoms with E-state index in [1.807, 2.05) is 25.2 Å². The highest BCUT2D eigenvalue weighted by molar-refractivity contribution is 9.10. The molecule has 1 aromatic carbocycles. The van der Waals surface area contributed by atoms with Crippen molar-refractivity contribution in [3.8, 4) is 0 Å². The zero-order valence-corrected chi connectivity index (χ0v) is 11.4. The van der Waals surface area contributed by atoms with E-state index in [4.69, 9.17) is 11.1 Å². The third-order valence-electron chi connectivity index (χ3n) is 2.10. The second kappa shape index (κ2) is 4.89. The monoisotopic (exact) mass is 311 g/mol. The topological polar surface area (TPSA) is 80.6 Å². The molecule has 0 amide bonds. The van der Waals surface area contributed by atoms with Gasteiger partial charge in [-0.1, -0.05) is 15.9 Å². The lowest BCUT2D eigenvalue weighted by molar-refractivity contribution is 0.685. The summed E-state index contributed by atoms with van der Waals surface area (Å²) in [6, 6.07) is 5.63. The van der Waals surface area contributed by atoms with Crippen molar-refractivity contribution in [2.75, 3.05) is 0 Å². The Labute approximate surface area is 111 Å². The standard InChI is InChI=1S/C10H10BrN5S/c1-16-10(14-5-15-16)17-8-3-2-6(11)4-7(8)9(12)13/h2-5H,1H3,(H3,12,13). The average molecular weight is 312 g/mol. The van der Waals surface area contributed by atoms with E-state index in [-0.39, 0.29) is 5.84 Å². The quantitative estimate of drug-likeness (QED) is 0.671. The minimum Gasteiger partial charge on any atom is -0.384 e. The van der Waals surface area contributed by atoms with Gasteiger partial charge in [0.15, 0.2) is 5.16 Å². The van der Waals surface area contributed by atoms with E-state index in [1.54, 1.807) is 4.68 Å². The number of nitrogens with zero attached hydrogens (tertiary/aromatic N) is 3. The van der Waals surface area contributed by atoms with Crippen LogP contribution in [-0.2, 0) is 7.05 Å². The van der Waals surface area contributed by atoms with Crippen molar-refractivity contribution in [3.05, 3.63) is 34.6 Å². The molecule has 0 radical (unpaired) electrons. The van der Waals surface area contributed by atoms with Gasteiger partial charge in [0.1, 0.15) is 12.2 Å². The fourth-order valence-electron chi connectivity index (χ4n) is 1.28. The van der Waals surface area contributed by atoms with Gasteiger partial charge < -0.3 is 5.73 Å². The molecular formula is C10H10BrN5S. The third-order valence-corrected chi connectivity index (χ3v) is 3.72.